The van der Waals surface area contributed by atoms with Gasteiger partial charge in [-0.25, -0.2) is 4.98 Å². The lowest BCUT2D eigenvalue weighted by atomic mass is 9.49. The number of likely N-dealkylation sites (tertiary alicyclic amines) is 1. The Morgan fingerprint density at radius 2 is 1.94 bits per heavy atom. The van der Waals surface area contributed by atoms with E-state index >= 15 is 0 Å². The molecule has 0 bridgehead atoms. The maximum Gasteiger partial charge on any atom is 0.268 e. The zero-order valence-corrected chi connectivity index (χ0v) is 19.5. The standard InChI is InChI=1S/C22H20B5N5O3/c1-3-12-6-16-17(30-19(12)33)7-13(8-28-16)21(23,24)32-10-18(11(32)2)35-14-4-5-15(29-9-14)20(34)31-22(25,26)27/h4-9,11,18H,3,10H2,1-2H3,(H,30,33)(H,31,34)/t11-,18+/m1/s1. The second-order valence-corrected chi connectivity index (χ2v) is 8.77. The highest BCUT2D eigenvalue weighted by Gasteiger charge is 2.45. The molecule has 0 saturated carbocycles. The molecule has 3 aromatic rings. The first-order valence-corrected chi connectivity index (χ1v) is 11.1. The number of nitrogens with one attached hydrogen (secondary N) is 2. The lowest BCUT2D eigenvalue weighted by molar-refractivity contribution is -0.0568. The van der Waals surface area contributed by atoms with Crippen LogP contribution in [0.25, 0.3) is 11.0 Å². The summed E-state index contributed by atoms with van der Waals surface area (Å²) in [5, 5.41) is -0.962. The van der Waals surface area contributed by atoms with E-state index in [1.807, 2.05) is 18.7 Å². The first kappa shape index (κ1) is 25.2. The van der Waals surface area contributed by atoms with Gasteiger partial charge in [0.05, 0.1) is 56.5 Å². The summed E-state index contributed by atoms with van der Waals surface area (Å²) in [5.41, 5.74) is 2.38. The summed E-state index contributed by atoms with van der Waals surface area (Å²) in [6.07, 6.45) is 3.43. The zero-order valence-electron chi connectivity index (χ0n) is 19.5. The van der Waals surface area contributed by atoms with Crippen LogP contribution in [-0.4, -0.2) is 88.9 Å². The number of carbonyl (C=O) groups excluding carboxylic acids is 1. The Labute approximate surface area is 210 Å². The Balaban J connectivity index is 1.43. The van der Waals surface area contributed by atoms with Crippen LogP contribution in [-0.2, 0) is 11.8 Å². The lowest BCUT2D eigenvalue weighted by Gasteiger charge is -2.55. The first-order chi connectivity index (χ1) is 16.4. The number of H-pyrrole nitrogens is 1. The molecule has 2 N–H and O–H groups in total. The molecular weight excluding hydrogens is 436 g/mol. The van der Waals surface area contributed by atoms with Gasteiger partial charge in [0.15, 0.2) is 0 Å². The summed E-state index contributed by atoms with van der Waals surface area (Å²) in [6.45, 7) is 4.29. The van der Waals surface area contributed by atoms with E-state index in [0.717, 1.165) is 0 Å². The van der Waals surface area contributed by atoms with Crippen molar-refractivity contribution in [2.24, 2.45) is 0 Å². The molecule has 1 saturated heterocycles. The molecule has 1 aliphatic heterocycles. The van der Waals surface area contributed by atoms with E-state index in [4.69, 9.17) is 44.0 Å². The summed E-state index contributed by atoms with van der Waals surface area (Å²) in [6, 6.07) is 6.45. The van der Waals surface area contributed by atoms with Gasteiger partial charge in [0, 0.05) is 24.3 Å². The lowest BCUT2D eigenvalue weighted by Crippen LogP contribution is -2.68. The molecule has 1 fully saturated rings. The predicted octanol–water partition coefficient (Wildman–Crippen LogP) is -0.674. The maximum atomic E-state index is 12.2. The minimum absolute atomic E-state index is 0.0854. The molecule has 2 atom stereocenters. The van der Waals surface area contributed by atoms with Crippen LogP contribution < -0.4 is 15.6 Å². The van der Waals surface area contributed by atoms with Crippen molar-refractivity contribution in [1.82, 2.24) is 25.2 Å². The monoisotopic (exact) mass is 457 g/mol. The van der Waals surface area contributed by atoms with Crippen molar-refractivity contribution >= 4 is 56.2 Å². The van der Waals surface area contributed by atoms with Crippen LogP contribution in [0.1, 0.15) is 35.5 Å². The molecule has 0 aromatic carbocycles. The molecule has 13 heteroatoms. The minimum Gasteiger partial charge on any atom is -0.486 e. The van der Waals surface area contributed by atoms with Gasteiger partial charge in [0.2, 0.25) is 0 Å². The molecule has 1 amide bonds. The van der Waals surface area contributed by atoms with Crippen molar-refractivity contribution < 1.29 is 9.53 Å². The summed E-state index contributed by atoms with van der Waals surface area (Å²) in [7, 11) is 29.1. The van der Waals surface area contributed by atoms with E-state index in [1.165, 1.54) is 12.3 Å². The second kappa shape index (κ2) is 9.26. The van der Waals surface area contributed by atoms with E-state index in [9.17, 15) is 9.59 Å². The number of amides is 1. The summed E-state index contributed by atoms with van der Waals surface area (Å²) >= 11 is 0. The Hall–Kier alpha value is -2.94. The van der Waals surface area contributed by atoms with Crippen molar-refractivity contribution in [3.8, 4) is 5.75 Å². The van der Waals surface area contributed by atoms with Crippen molar-refractivity contribution in [1.29, 1.82) is 0 Å². The Morgan fingerprint density at radius 1 is 1.20 bits per heavy atom. The van der Waals surface area contributed by atoms with Gasteiger partial charge in [0.25, 0.3) is 11.5 Å². The molecule has 8 nitrogen and oxygen atoms in total. The topological polar surface area (TPSA) is 100 Å². The van der Waals surface area contributed by atoms with Gasteiger partial charge in [-0.05, 0) is 48.5 Å². The third-order valence-corrected chi connectivity index (χ3v) is 6.08. The van der Waals surface area contributed by atoms with Gasteiger partial charge in [-0.2, -0.15) is 0 Å². The molecule has 0 unspecified atom stereocenters. The smallest absolute Gasteiger partial charge is 0.268 e. The van der Waals surface area contributed by atoms with Gasteiger partial charge in [-0.15, -0.1) is 0 Å². The van der Waals surface area contributed by atoms with Crippen LogP contribution in [0.15, 0.2) is 41.5 Å². The molecule has 166 valence electrons. The molecule has 4 heterocycles. The quantitative estimate of drug-likeness (QED) is 0.458. The van der Waals surface area contributed by atoms with Gasteiger partial charge in [-0.1, -0.05) is 12.2 Å². The van der Waals surface area contributed by atoms with Crippen LogP contribution in [0.5, 0.6) is 5.75 Å². The number of pyridine rings is 3. The Kier molecular flexibility index (Phi) is 6.66. The molecule has 1 aliphatic rings. The highest BCUT2D eigenvalue weighted by Crippen LogP contribution is 2.34. The number of aromatic nitrogens is 3. The third kappa shape index (κ3) is 5.20. The number of carbonyl (C=O) groups is 1. The number of aryl methyl sites for hydroxylation is 1. The summed E-state index contributed by atoms with van der Waals surface area (Å²) in [4.78, 5) is 37.4. The molecule has 4 rings (SSSR count). The van der Waals surface area contributed by atoms with Gasteiger partial charge in [-0.3, -0.25) is 14.6 Å². The maximum absolute atomic E-state index is 12.2. The van der Waals surface area contributed by atoms with E-state index < -0.39 is 16.5 Å². The van der Waals surface area contributed by atoms with Crippen LogP contribution >= 0.6 is 0 Å². The van der Waals surface area contributed by atoms with Crippen LogP contribution in [0.4, 0.5) is 0 Å². The minimum atomic E-state index is -1.84. The third-order valence-electron chi connectivity index (χ3n) is 6.08. The summed E-state index contributed by atoms with van der Waals surface area (Å²) < 4.78 is 5.99. The van der Waals surface area contributed by atoms with Gasteiger partial charge < -0.3 is 19.9 Å². The highest BCUT2D eigenvalue weighted by molar-refractivity contribution is 6.60. The number of ether oxygens (including phenoxy) is 1. The van der Waals surface area contributed by atoms with E-state index in [1.54, 1.807) is 24.4 Å². The van der Waals surface area contributed by atoms with Crippen LogP contribution in [0.2, 0.25) is 0 Å². The fourth-order valence-electron chi connectivity index (χ4n) is 3.99. The number of hydrogen-bond acceptors (Lipinski definition) is 6. The number of nitrogens with zero attached hydrogens (tertiary/aromatic N) is 3. The second-order valence-electron chi connectivity index (χ2n) is 8.77. The molecule has 10 radical (unpaired) electrons. The highest BCUT2D eigenvalue weighted by atomic mass is 16.5. The fourth-order valence-corrected chi connectivity index (χ4v) is 3.99. The average molecular weight is 456 g/mol. The van der Waals surface area contributed by atoms with Crippen molar-refractivity contribution in [3.05, 3.63) is 63.8 Å². The van der Waals surface area contributed by atoms with E-state index in [-0.39, 0.29) is 23.4 Å². The van der Waals surface area contributed by atoms with E-state index in [0.29, 0.717) is 40.9 Å². The molecule has 0 aliphatic carbocycles. The van der Waals surface area contributed by atoms with Crippen molar-refractivity contribution in [2.45, 2.75) is 43.0 Å². The van der Waals surface area contributed by atoms with Crippen LogP contribution in [0.3, 0.4) is 0 Å². The Bertz CT molecular complexity index is 1310. The molecule has 3 aromatic heterocycles. The van der Waals surface area contributed by atoms with Gasteiger partial charge in [0.1, 0.15) is 17.5 Å². The number of rotatable bonds is 7. The summed E-state index contributed by atoms with van der Waals surface area (Å²) in [5.74, 6) is -0.145. The van der Waals surface area contributed by atoms with Crippen LogP contribution in [0, 0.1) is 0 Å². The zero-order chi connectivity index (χ0) is 25.5. The number of hydrogen-bond donors (Lipinski definition) is 2. The number of fused-ring (bicyclic) bond motifs is 1. The number of aromatic amines is 1. The molecule has 35 heavy (non-hydrogen) atoms. The average Bonchev–Trinajstić information content (AvgIpc) is 2.79. The van der Waals surface area contributed by atoms with Crippen molar-refractivity contribution in [2.75, 3.05) is 6.54 Å². The first-order valence-electron chi connectivity index (χ1n) is 11.1. The SMILES string of the molecule is [B]C([B])([B])NC(=O)c1ccc(O[C@H]2CN(C([B])([B])c3cnc4cc(CC)c(=O)[nH]c4c3)[C@@H]2C)cn1. The largest absolute Gasteiger partial charge is 0.486 e. The van der Waals surface area contributed by atoms with Crippen molar-refractivity contribution in [3.63, 3.8) is 0 Å². The Morgan fingerprint density at radius 3 is 2.54 bits per heavy atom. The van der Waals surface area contributed by atoms with E-state index in [2.05, 4.69) is 20.3 Å². The fraction of sp³-hybridized carbons (Fsp3) is 0.364. The predicted molar refractivity (Wildman–Crippen MR) is 137 cm³/mol. The molecule has 0 spiro atoms. The normalized spacial score (nSPS) is 18.7. The van der Waals surface area contributed by atoms with Gasteiger partial charge >= 0.3 is 0 Å². The molecular formula is C22H20B5N5O3.